The number of carbonyl (C=O) groups excluding carboxylic acids is 1. The fourth-order valence-electron chi connectivity index (χ4n) is 1.17. The number of hydrogen-bond acceptors (Lipinski definition) is 5. The van der Waals surface area contributed by atoms with Crippen molar-refractivity contribution < 1.29 is 4.79 Å². The molecule has 1 aromatic carbocycles. The van der Waals surface area contributed by atoms with Crippen LogP contribution in [0.5, 0.6) is 0 Å². The zero-order valence-corrected chi connectivity index (χ0v) is 8.37. The predicted octanol–water partition coefficient (Wildman–Crippen LogP) is -0.106. The molecule has 0 spiro atoms. The van der Waals surface area contributed by atoms with Gasteiger partial charge in [-0.15, -0.1) is 5.10 Å². The van der Waals surface area contributed by atoms with E-state index < -0.39 is 0 Å². The van der Waals surface area contributed by atoms with Crippen molar-refractivity contribution in [1.82, 2.24) is 20.2 Å². The van der Waals surface area contributed by atoms with E-state index in [0.717, 1.165) is 0 Å². The molecule has 16 heavy (non-hydrogen) atoms. The van der Waals surface area contributed by atoms with Gasteiger partial charge in [0.05, 0.1) is 0 Å². The molecule has 0 saturated carbocycles. The smallest absolute Gasteiger partial charge is 0.246 e. The van der Waals surface area contributed by atoms with Crippen LogP contribution in [0.15, 0.2) is 30.6 Å². The van der Waals surface area contributed by atoms with Crippen LogP contribution < -0.4 is 11.1 Å². The van der Waals surface area contributed by atoms with Gasteiger partial charge in [0.1, 0.15) is 12.9 Å². The highest BCUT2D eigenvalue weighted by Gasteiger charge is 2.03. The van der Waals surface area contributed by atoms with Crippen molar-refractivity contribution >= 4 is 17.3 Å². The molecular weight excluding hydrogens is 208 g/mol. The minimum atomic E-state index is -0.197. The molecule has 7 nitrogen and oxygen atoms in total. The Balaban J connectivity index is 1.95. The molecule has 82 valence electrons. The second-order valence-electron chi connectivity index (χ2n) is 3.18. The zero-order chi connectivity index (χ0) is 11.4. The lowest BCUT2D eigenvalue weighted by Gasteiger charge is -2.04. The quantitative estimate of drug-likeness (QED) is 0.700. The Morgan fingerprint density at radius 2 is 2.12 bits per heavy atom. The second kappa shape index (κ2) is 4.39. The molecule has 3 N–H and O–H groups in total. The summed E-state index contributed by atoms with van der Waals surface area (Å²) in [7, 11) is 0. The van der Waals surface area contributed by atoms with Crippen molar-refractivity contribution in [3.8, 4) is 0 Å². The van der Waals surface area contributed by atoms with Gasteiger partial charge >= 0.3 is 0 Å². The topological polar surface area (TPSA) is 98.7 Å². The Hall–Kier alpha value is -2.44. The molecule has 0 fully saturated rings. The summed E-state index contributed by atoms with van der Waals surface area (Å²) in [6.07, 6.45) is 1.38. The first-order chi connectivity index (χ1) is 7.74. The van der Waals surface area contributed by atoms with Crippen LogP contribution in [0.1, 0.15) is 0 Å². The summed E-state index contributed by atoms with van der Waals surface area (Å²) < 4.78 is 1.34. The van der Waals surface area contributed by atoms with Crippen LogP contribution in [0.25, 0.3) is 0 Å². The first-order valence-corrected chi connectivity index (χ1v) is 4.60. The minimum absolute atomic E-state index is 0.0807. The third-order valence-corrected chi connectivity index (χ3v) is 1.89. The maximum atomic E-state index is 11.5. The summed E-state index contributed by atoms with van der Waals surface area (Å²) in [4.78, 5) is 11.5. The van der Waals surface area contributed by atoms with Gasteiger partial charge in [0.25, 0.3) is 0 Å². The fourth-order valence-corrected chi connectivity index (χ4v) is 1.17. The summed E-state index contributed by atoms with van der Waals surface area (Å²) in [5, 5.41) is 13.1. The van der Waals surface area contributed by atoms with Crippen molar-refractivity contribution in [3.63, 3.8) is 0 Å². The normalized spacial score (nSPS) is 10.0. The van der Waals surface area contributed by atoms with Crippen molar-refractivity contribution in [2.45, 2.75) is 6.54 Å². The fraction of sp³-hybridized carbons (Fsp3) is 0.111. The van der Waals surface area contributed by atoms with E-state index in [1.54, 1.807) is 24.3 Å². The van der Waals surface area contributed by atoms with E-state index in [-0.39, 0.29) is 12.5 Å². The van der Waals surface area contributed by atoms with Gasteiger partial charge in [-0.3, -0.25) is 4.79 Å². The average molecular weight is 218 g/mol. The molecule has 7 heteroatoms. The third kappa shape index (κ3) is 2.53. The number of benzene rings is 1. The van der Waals surface area contributed by atoms with Crippen LogP contribution in [-0.2, 0) is 11.3 Å². The van der Waals surface area contributed by atoms with Crippen LogP contribution in [0.2, 0.25) is 0 Å². The monoisotopic (exact) mass is 218 g/mol. The van der Waals surface area contributed by atoms with Crippen molar-refractivity contribution in [3.05, 3.63) is 30.6 Å². The van der Waals surface area contributed by atoms with Crippen molar-refractivity contribution in [2.75, 3.05) is 11.1 Å². The van der Waals surface area contributed by atoms with E-state index >= 15 is 0 Å². The number of hydrogen-bond donors (Lipinski definition) is 2. The van der Waals surface area contributed by atoms with E-state index in [1.807, 2.05) is 0 Å². The van der Waals surface area contributed by atoms with Crippen molar-refractivity contribution in [2.24, 2.45) is 0 Å². The van der Waals surface area contributed by atoms with Gasteiger partial charge in [0.15, 0.2) is 0 Å². The lowest BCUT2D eigenvalue weighted by Crippen LogP contribution is -2.19. The molecule has 0 bridgehead atoms. The second-order valence-corrected chi connectivity index (χ2v) is 3.18. The molecule has 2 rings (SSSR count). The maximum absolute atomic E-state index is 11.5. The molecule has 0 aliphatic rings. The van der Waals surface area contributed by atoms with Gasteiger partial charge in [-0.05, 0) is 34.7 Å². The zero-order valence-electron chi connectivity index (χ0n) is 8.37. The number of anilines is 2. The molecule has 0 radical (unpaired) electrons. The number of tetrazole rings is 1. The van der Waals surface area contributed by atoms with Gasteiger partial charge in [-0.25, -0.2) is 4.68 Å². The Morgan fingerprint density at radius 1 is 1.38 bits per heavy atom. The Morgan fingerprint density at radius 3 is 2.75 bits per heavy atom. The Labute approximate surface area is 91.3 Å². The number of rotatable bonds is 3. The summed E-state index contributed by atoms with van der Waals surface area (Å²) in [5.74, 6) is -0.197. The highest BCUT2D eigenvalue weighted by molar-refractivity contribution is 5.90. The number of carbonyl (C=O) groups is 1. The number of nitrogen functional groups attached to an aromatic ring is 1. The molecule has 0 unspecified atom stereocenters. The SMILES string of the molecule is Nc1ccc(NC(=O)Cn2cnnn2)cc1. The highest BCUT2D eigenvalue weighted by atomic mass is 16.2. The Kier molecular flexibility index (Phi) is 2.77. The predicted molar refractivity (Wildman–Crippen MR) is 57.3 cm³/mol. The number of amides is 1. The summed E-state index contributed by atoms with van der Waals surface area (Å²) in [5.41, 5.74) is 6.86. The van der Waals surface area contributed by atoms with E-state index in [4.69, 9.17) is 5.73 Å². The lowest BCUT2D eigenvalue weighted by atomic mass is 10.3. The highest BCUT2D eigenvalue weighted by Crippen LogP contribution is 2.10. The molecule has 1 heterocycles. The van der Waals surface area contributed by atoms with E-state index in [1.165, 1.54) is 11.0 Å². The van der Waals surface area contributed by atoms with Gasteiger partial charge < -0.3 is 11.1 Å². The maximum Gasteiger partial charge on any atom is 0.246 e. The number of aromatic nitrogens is 4. The first kappa shape index (κ1) is 10.1. The van der Waals surface area contributed by atoms with Crippen LogP contribution in [0.4, 0.5) is 11.4 Å². The van der Waals surface area contributed by atoms with Crippen LogP contribution in [-0.4, -0.2) is 26.1 Å². The molecule has 1 aromatic heterocycles. The Bertz CT molecular complexity index is 463. The summed E-state index contributed by atoms with van der Waals surface area (Å²) in [6, 6.07) is 6.89. The van der Waals surface area contributed by atoms with Crippen molar-refractivity contribution in [1.29, 1.82) is 0 Å². The van der Waals surface area contributed by atoms with Crippen LogP contribution in [0, 0.1) is 0 Å². The third-order valence-electron chi connectivity index (χ3n) is 1.89. The molecule has 1 amide bonds. The van der Waals surface area contributed by atoms with Crippen LogP contribution >= 0.6 is 0 Å². The standard InChI is InChI=1S/C9H10N6O/c10-7-1-3-8(4-2-7)12-9(16)5-15-6-11-13-14-15/h1-4,6H,5,10H2,(H,12,16). The lowest BCUT2D eigenvalue weighted by molar-refractivity contribution is -0.116. The van der Waals surface area contributed by atoms with Crippen LogP contribution in [0.3, 0.4) is 0 Å². The average Bonchev–Trinajstić information content (AvgIpc) is 2.74. The van der Waals surface area contributed by atoms with E-state index in [0.29, 0.717) is 11.4 Å². The molecular formula is C9H10N6O. The molecule has 0 aliphatic heterocycles. The van der Waals surface area contributed by atoms with E-state index in [9.17, 15) is 4.79 Å². The van der Waals surface area contributed by atoms with Gasteiger partial charge in [-0.2, -0.15) is 0 Å². The van der Waals surface area contributed by atoms with E-state index in [2.05, 4.69) is 20.8 Å². The van der Waals surface area contributed by atoms with Gasteiger partial charge in [0, 0.05) is 11.4 Å². The van der Waals surface area contributed by atoms with Gasteiger partial charge in [-0.1, -0.05) is 0 Å². The molecule has 2 aromatic rings. The minimum Gasteiger partial charge on any atom is -0.399 e. The largest absolute Gasteiger partial charge is 0.399 e. The number of nitrogens with zero attached hydrogens (tertiary/aromatic N) is 4. The number of nitrogens with one attached hydrogen (secondary N) is 1. The molecule has 0 aliphatic carbocycles. The first-order valence-electron chi connectivity index (χ1n) is 4.60. The summed E-state index contributed by atoms with van der Waals surface area (Å²) in [6.45, 7) is 0.0807. The van der Waals surface area contributed by atoms with Gasteiger partial charge in [0.2, 0.25) is 5.91 Å². The number of nitrogens with two attached hydrogens (primary N) is 1. The molecule has 0 saturated heterocycles. The summed E-state index contributed by atoms with van der Waals surface area (Å²) >= 11 is 0. The molecule has 0 atom stereocenters.